The minimum atomic E-state index is 0.520. The van der Waals surface area contributed by atoms with Crippen LogP contribution >= 0.6 is 0 Å². The van der Waals surface area contributed by atoms with Gasteiger partial charge in [-0.15, -0.1) is 0 Å². The molecule has 27 heavy (non-hydrogen) atoms. The van der Waals surface area contributed by atoms with E-state index in [4.69, 9.17) is 10.7 Å². The van der Waals surface area contributed by atoms with Crippen LogP contribution in [0.3, 0.4) is 0 Å². The van der Waals surface area contributed by atoms with Crippen molar-refractivity contribution >= 4 is 28.1 Å². The molecule has 1 atom stereocenters. The van der Waals surface area contributed by atoms with Gasteiger partial charge in [-0.25, -0.2) is 4.99 Å². The lowest BCUT2D eigenvalue weighted by Crippen LogP contribution is -2.33. The molecule has 0 bridgehead atoms. The zero-order chi connectivity index (χ0) is 19.0. The molecule has 3 aromatic rings. The van der Waals surface area contributed by atoms with Gasteiger partial charge in [-0.1, -0.05) is 50.2 Å². The summed E-state index contributed by atoms with van der Waals surface area (Å²) in [6.45, 7) is 4.47. The molecule has 0 radical (unpaired) electrons. The van der Waals surface area contributed by atoms with E-state index in [0.29, 0.717) is 11.9 Å². The van der Waals surface area contributed by atoms with Crippen LogP contribution in [-0.2, 0) is 12.8 Å². The Morgan fingerprint density at radius 3 is 2.59 bits per heavy atom. The normalized spacial score (nSPS) is 14.6. The molecule has 0 fully saturated rings. The molecular formula is C24H27N3. The van der Waals surface area contributed by atoms with Crippen LogP contribution in [-0.4, -0.2) is 13.0 Å². The third-order valence-electron chi connectivity index (χ3n) is 5.90. The first kappa shape index (κ1) is 17.6. The predicted octanol–water partition coefficient (Wildman–Crippen LogP) is 5.53. The Labute approximate surface area is 161 Å². The fourth-order valence-corrected chi connectivity index (χ4v) is 3.94. The predicted molar refractivity (Wildman–Crippen MR) is 116 cm³/mol. The summed E-state index contributed by atoms with van der Waals surface area (Å²) in [4.78, 5) is 6.74. The summed E-state index contributed by atoms with van der Waals surface area (Å²) in [5.41, 5.74) is 12.5. The van der Waals surface area contributed by atoms with E-state index in [-0.39, 0.29) is 0 Å². The Bertz CT molecular complexity index is 1000. The van der Waals surface area contributed by atoms with Crippen molar-refractivity contribution in [2.24, 2.45) is 10.7 Å². The van der Waals surface area contributed by atoms with E-state index < -0.39 is 0 Å². The molecule has 2 N–H and O–H groups in total. The molecule has 0 spiro atoms. The zero-order valence-electron chi connectivity index (χ0n) is 16.4. The number of rotatable bonds is 4. The summed E-state index contributed by atoms with van der Waals surface area (Å²) >= 11 is 0. The second-order valence-electron chi connectivity index (χ2n) is 7.51. The van der Waals surface area contributed by atoms with Crippen molar-refractivity contribution in [1.29, 1.82) is 0 Å². The van der Waals surface area contributed by atoms with E-state index in [2.05, 4.69) is 68.4 Å². The third-order valence-corrected chi connectivity index (χ3v) is 5.90. The molecule has 0 heterocycles. The lowest BCUT2D eigenvalue weighted by Gasteiger charge is -2.19. The highest BCUT2D eigenvalue weighted by atomic mass is 15.2. The molecule has 3 nitrogen and oxygen atoms in total. The van der Waals surface area contributed by atoms with E-state index in [0.717, 1.165) is 30.6 Å². The molecule has 0 amide bonds. The second-order valence-corrected chi connectivity index (χ2v) is 7.51. The Balaban J connectivity index is 1.64. The number of benzene rings is 3. The van der Waals surface area contributed by atoms with E-state index in [1.807, 2.05) is 11.9 Å². The molecule has 138 valence electrons. The molecule has 0 saturated carbocycles. The lowest BCUT2D eigenvalue weighted by molar-refractivity contribution is 0.733. The topological polar surface area (TPSA) is 41.6 Å². The highest BCUT2D eigenvalue weighted by Crippen LogP contribution is 2.37. The molecule has 0 saturated heterocycles. The number of hydrogen-bond acceptors (Lipinski definition) is 1. The van der Waals surface area contributed by atoms with Crippen LogP contribution in [0.2, 0.25) is 0 Å². The largest absolute Gasteiger partial charge is 0.369 e. The summed E-state index contributed by atoms with van der Waals surface area (Å²) in [5.74, 6) is 1.10. The van der Waals surface area contributed by atoms with Gasteiger partial charge in [-0.3, -0.25) is 0 Å². The van der Waals surface area contributed by atoms with Gasteiger partial charge in [-0.2, -0.15) is 0 Å². The molecule has 3 aromatic carbocycles. The quantitative estimate of drug-likeness (QED) is 0.492. The number of aliphatic imine (C=N–C) groups is 1. The fourth-order valence-electron chi connectivity index (χ4n) is 3.94. The second kappa shape index (κ2) is 7.07. The van der Waals surface area contributed by atoms with Gasteiger partial charge in [-0.05, 0) is 70.8 Å². The first-order valence-corrected chi connectivity index (χ1v) is 9.79. The van der Waals surface area contributed by atoms with Crippen LogP contribution < -0.4 is 10.6 Å². The number of nitrogens with zero attached hydrogens (tertiary/aromatic N) is 2. The third kappa shape index (κ3) is 3.18. The average molecular weight is 358 g/mol. The number of guanidine groups is 1. The van der Waals surface area contributed by atoms with E-state index in [1.54, 1.807) is 0 Å². The molecule has 0 aromatic heterocycles. The highest BCUT2D eigenvalue weighted by molar-refractivity contribution is 5.99. The van der Waals surface area contributed by atoms with Gasteiger partial charge in [0.15, 0.2) is 0 Å². The summed E-state index contributed by atoms with van der Waals surface area (Å²) in [6.07, 6.45) is 3.27. The van der Waals surface area contributed by atoms with Gasteiger partial charge in [0, 0.05) is 12.7 Å². The van der Waals surface area contributed by atoms with Crippen LogP contribution in [0.25, 0.3) is 10.8 Å². The minimum Gasteiger partial charge on any atom is -0.369 e. The molecule has 4 rings (SSSR count). The van der Waals surface area contributed by atoms with Crippen LogP contribution in [0, 0.1) is 0 Å². The maximum atomic E-state index is 6.37. The molecule has 3 heteroatoms. The molecule has 1 aliphatic rings. The van der Waals surface area contributed by atoms with Crippen molar-refractivity contribution in [1.82, 2.24) is 0 Å². The number of hydrogen-bond donors (Lipinski definition) is 1. The van der Waals surface area contributed by atoms with E-state index >= 15 is 0 Å². The van der Waals surface area contributed by atoms with Crippen molar-refractivity contribution in [2.75, 3.05) is 11.9 Å². The lowest BCUT2D eigenvalue weighted by atomic mass is 9.98. The van der Waals surface area contributed by atoms with Gasteiger partial charge in [0.05, 0.1) is 5.69 Å². The van der Waals surface area contributed by atoms with Gasteiger partial charge in [0.1, 0.15) is 0 Å². The maximum Gasteiger partial charge on any atom is 0.200 e. The van der Waals surface area contributed by atoms with Crippen molar-refractivity contribution in [3.8, 4) is 0 Å². The monoisotopic (exact) mass is 357 g/mol. The molecular weight excluding hydrogens is 330 g/mol. The summed E-state index contributed by atoms with van der Waals surface area (Å²) in [7, 11) is 1.98. The zero-order valence-corrected chi connectivity index (χ0v) is 16.4. The van der Waals surface area contributed by atoms with Crippen molar-refractivity contribution < 1.29 is 0 Å². The van der Waals surface area contributed by atoms with Gasteiger partial charge < -0.3 is 10.6 Å². The minimum absolute atomic E-state index is 0.520. The number of aryl methyl sites for hydroxylation is 2. The molecule has 1 aliphatic carbocycles. The van der Waals surface area contributed by atoms with Crippen molar-refractivity contribution in [2.45, 2.75) is 39.0 Å². The van der Waals surface area contributed by atoms with E-state index in [9.17, 15) is 0 Å². The van der Waals surface area contributed by atoms with Crippen LogP contribution in [0.4, 0.5) is 11.4 Å². The maximum absolute atomic E-state index is 6.37. The first-order chi connectivity index (χ1) is 13.1. The Hall–Kier alpha value is -2.81. The van der Waals surface area contributed by atoms with Crippen LogP contribution in [0.5, 0.6) is 0 Å². The summed E-state index contributed by atoms with van der Waals surface area (Å²) < 4.78 is 0. The van der Waals surface area contributed by atoms with Gasteiger partial charge in [0.2, 0.25) is 5.96 Å². The van der Waals surface area contributed by atoms with Crippen LogP contribution in [0.15, 0.2) is 59.6 Å². The fraction of sp³-hybridized carbons (Fsp3) is 0.292. The summed E-state index contributed by atoms with van der Waals surface area (Å²) in [5, 5.41) is 2.67. The van der Waals surface area contributed by atoms with Gasteiger partial charge >= 0.3 is 0 Å². The Morgan fingerprint density at radius 1 is 1.07 bits per heavy atom. The number of anilines is 1. The highest BCUT2D eigenvalue weighted by Gasteiger charge is 2.18. The van der Waals surface area contributed by atoms with E-state index in [1.165, 1.54) is 27.5 Å². The van der Waals surface area contributed by atoms with Crippen molar-refractivity contribution in [3.05, 3.63) is 71.3 Å². The molecule has 1 unspecified atom stereocenters. The number of nitrogens with two attached hydrogens (primary N) is 1. The van der Waals surface area contributed by atoms with Crippen molar-refractivity contribution in [3.63, 3.8) is 0 Å². The Kier molecular flexibility index (Phi) is 4.61. The van der Waals surface area contributed by atoms with Gasteiger partial charge in [0.25, 0.3) is 0 Å². The average Bonchev–Trinajstić information content (AvgIpc) is 3.15. The first-order valence-electron chi connectivity index (χ1n) is 9.79. The standard InChI is InChI=1S/C24H27N3/c1-4-16(2)17-8-12-20(13-9-17)27(3)24(25)26-22-15-11-19-7-5-6-18-10-14-21(22)23(18)19/h5-9,11-13,15-16H,4,10,14H2,1-3H3,(H2,25,26). The van der Waals surface area contributed by atoms with Crippen LogP contribution in [0.1, 0.15) is 42.9 Å². The molecule has 0 aliphatic heterocycles. The Morgan fingerprint density at radius 2 is 1.85 bits per heavy atom. The summed E-state index contributed by atoms with van der Waals surface area (Å²) in [6, 6.07) is 19.4. The SMILES string of the molecule is CCC(C)c1ccc(N(C)C(N)=Nc2ccc3cccc4c3c2CC4)cc1. The smallest absolute Gasteiger partial charge is 0.200 e.